The molecule has 20 heavy (non-hydrogen) atoms. The minimum absolute atomic E-state index is 0.587. The Morgan fingerprint density at radius 3 is 2.30 bits per heavy atom. The molecule has 1 heterocycles. The molecule has 0 unspecified atom stereocenters. The maximum atomic E-state index is 5.40. The average Bonchev–Trinajstić information content (AvgIpc) is 3.27. The summed E-state index contributed by atoms with van der Waals surface area (Å²) in [6, 6.07) is 8.54. The van der Waals surface area contributed by atoms with E-state index in [1.807, 2.05) is 24.3 Å². The average molecular weight is 454 g/mol. The van der Waals surface area contributed by atoms with Crippen LogP contribution in [0.5, 0.6) is 5.75 Å². The Balaban J connectivity index is 0.000000147. The molecule has 2 aromatic rings. The second kappa shape index (κ2) is 7.05. The summed E-state index contributed by atoms with van der Waals surface area (Å²) in [4.78, 5) is 0. The van der Waals surface area contributed by atoms with Crippen LogP contribution < -0.4 is 10.5 Å². The Kier molecular flexibility index (Phi) is 5.38. The van der Waals surface area contributed by atoms with Gasteiger partial charge in [-0.25, -0.2) is 0 Å². The molecule has 0 saturated heterocycles. The molecule has 1 aromatic carbocycles. The van der Waals surface area contributed by atoms with Gasteiger partial charge < -0.3 is 10.5 Å². The molecule has 0 aliphatic heterocycles. The molecule has 0 amide bonds. The molecule has 4 nitrogen and oxygen atoms in total. The molecule has 3 rings (SSSR count). The van der Waals surface area contributed by atoms with Crippen molar-refractivity contribution in [3.63, 3.8) is 0 Å². The van der Waals surface area contributed by atoms with Crippen LogP contribution in [0.15, 0.2) is 36.7 Å². The number of rotatable bonds is 3. The van der Waals surface area contributed by atoms with Gasteiger partial charge >= 0.3 is 70.6 Å². The molecule has 2 N–H and O–H groups in total. The van der Waals surface area contributed by atoms with E-state index in [0.29, 0.717) is 6.54 Å². The summed E-state index contributed by atoms with van der Waals surface area (Å²) in [5.74, 6) is 0.872. The summed E-state index contributed by atoms with van der Waals surface area (Å²) in [5, 5.41) is 0. The van der Waals surface area contributed by atoms with Gasteiger partial charge in [-0.05, 0) is 17.7 Å². The zero-order valence-corrected chi connectivity index (χ0v) is 14.1. The third kappa shape index (κ3) is 3.94. The van der Waals surface area contributed by atoms with Crippen molar-refractivity contribution >= 4 is 0 Å². The number of aryl methyl sites for hydroxylation is 1. The quantitative estimate of drug-likeness (QED) is 0.775. The molecule has 1 saturated carbocycles. The first-order chi connectivity index (χ1) is 9.65. The van der Waals surface area contributed by atoms with Crippen molar-refractivity contribution < 1.29 is 24.1 Å². The van der Waals surface area contributed by atoms with Gasteiger partial charge in [-0.15, -0.1) is 0 Å². The van der Waals surface area contributed by atoms with E-state index in [9.17, 15) is 0 Å². The van der Waals surface area contributed by atoms with Gasteiger partial charge in [-0.2, -0.15) is 0 Å². The van der Waals surface area contributed by atoms with Gasteiger partial charge in [0.1, 0.15) is 5.75 Å². The topological polar surface area (TPSA) is 45.1 Å². The molecule has 1 aliphatic carbocycles. The van der Waals surface area contributed by atoms with Crippen LogP contribution in [-0.2, 0) is 32.9 Å². The van der Waals surface area contributed by atoms with Gasteiger partial charge in [0, 0.05) is 6.54 Å². The van der Waals surface area contributed by atoms with E-state index in [2.05, 4.69) is 47.9 Å². The van der Waals surface area contributed by atoms with Crippen molar-refractivity contribution in [2.75, 3.05) is 7.11 Å². The van der Waals surface area contributed by atoms with Crippen LogP contribution >= 0.6 is 0 Å². The molecule has 112 valence electrons. The second-order valence-corrected chi connectivity index (χ2v) is 5.86. The first kappa shape index (κ1) is 15.3. The Morgan fingerprint density at radius 1 is 1.25 bits per heavy atom. The molecule has 1 fully saturated rings. The third-order valence-electron chi connectivity index (χ3n) is 3.25. The number of benzene rings is 1. The summed E-state index contributed by atoms with van der Waals surface area (Å²) < 4.78 is 10.8. The van der Waals surface area contributed by atoms with Crippen molar-refractivity contribution in [3.05, 3.63) is 46.0 Å². The van der Waals surface area contributed by atoms with Crippen molar-refractivity contribution in [1.29, 1.82) is 0 Å². The second-order valence-electron chi connectivity index (χ2n) is 4.84. The predicted molar refractivity (Wildman–Crippen MR) is 75.8 cm³/mol. The first-order valence-electron chi connectivity index (χ1n) is 6.67. The number of methoxy groups -OCH3 is 1. The molecule has 0 bridgehead atoms. The van der Waals surface area contributed by atoms with Crippen molar-refractivity contribution in [3.8, 4) is 5.75 Å². The van der Waals surface area contributed by atoms with Crippen LogP contribution in [-0.4, -0.2) is 16.2 Å². The zero-order chi connectivity index (χ0) is 14.5. The van der Waals surface area contributed by atoms with E-state index in [4.69, 9.17) is 10.5 Å². The Morgan fingerprint density at radius 2 is 1.90 bits per heavy atom. The first-order valence-corrected chi connectivity index (χ1v) is 7.81. The molecule has 1 aliphatic rings. The Bertz CT molecular complexity index is 573. The monoisotopic (exact) mass is 454 g/mol. The van der Waals surface area contributed by atoms with Crippen molar-refractivity contribution in [2.24, 2.45) is 12.8 Å². The van der Waals surface area contributed by atoms with Crippen LogP contribution in [0.1, 0.15) is 24.4 Å². The molecule has 5 heteroatoms. The van der Waals surface area contributed by atoms with E-state index >= 15 is 0 Å². The van der Waals surface area contributed by atoms with E-state index in [0.717, 1.165) is 17.4 Å². The zero-order valence-electron chi connectivity index (χ0n) is 11.9. The fourth-order valence-corrected chi connectivity index (χ4v) is 2.60. The number of hydrogen-bond acceptors (Lipinski definition) is 2. The number of hydrogen-bond donors (Lipinski definition) is 1. The fraction of sp³-hybridized carbons (Fsp3) is 0.400. The molecule has 0 spiro atoms. The van der Waals surface area contributed by atoms with E-state index in [1.165, 1.54) is 16.6 Å². The van der Waals surface area contributed by atoms with Crippen molar-refractivity contribution in [1.82, 2.24) is 9.13 Å². The summed E-state index contributed by atoms with van der Waals surface area (Å²) in [6.45, 7) is 0.587. The number of nitrogens with two attached hydrogens (primary N) is 1. The van der Waals surface area contributed by atoms with Crippen LogP contribution in [0.4, 0.5) is 0 Å². The van der Waals surface area contributed by atoms with Crippen LogP contribution in [0.3, 0.4) is 0 Å². The van der Waals surface area contributed by atoms with Crippen LogP contribution in [0.2, 0.25) is 0 Å². The van der Waals surface area contributed by atoms with Gasteiger partial charge in [-0.1, -0.05) is 12.1 Å². The summed E-state index contributed by atoms with van der Waals surface area (Å²) in [7, 11) is 3.73. The summed E-state index contributed by atoms with van der Waals surface area (Å²) in [6.07, 6.45) is 7.01. The standard InChI is InChI=1S/C8H11NO.C7H10N2.Pt/c1-10-8-4-2-7(6-9)3-5-8;1-8-4-5-9(6-8)7-2-3-7;/h2-5H,6,9H2,1H3;4-5,7H,2-3H2,1H3;. The van der Waals surface area contributed by atoms with Gasteiger partial charge in [-0.3, -0.25) is 0 Å². The Hall–Kier alpha value is -1.12. The van der Waals surface area contributed by atoms with Gasteiger partial charge in [0.2, 0.25) is 0 Å². The van der Waals surface area contributed by atoms with Gasteiger partial charge in [0.25, 0.3) is 0 Å². The summed E-state index contributed by atoms with van der Waals surface area (Å²) >= 11 is 2.37. The van der Waals surface area contributed by atoms with Gasteiger partial charge in [0.15, 0.2) is 0 Å². The molecule has 1 aromatic heterocycles. The SMILES string of the molecule is COc1ccc(CN)cc1.Cn1ccn(C2CC2)[c]1=[Pt]. The Labute approximate surface area is 130 Å². The molecular formula is C15H21N3OPt. The number of aromatic nitrogens is 2. The third-order valence-corrected chi connectivity index (χ3v) is 4.64. The fourth-order valence-electron chi connectivity index (χ4n) is 1.84. The number of imidazole rings is 1. The molecule has 0 radical (unpaired) electrons. The molecule has 0 atom stereocenters. The predicted octanol–water partition coefficient (Wildman–Crippen LogP) is 2.39. The molecular weight excluding hydrogens is 433 g/mol. The minimum atomic E-state index is 0.587. The summed E-state index contributed by atoms with van der Waals surface area (Å²) in [5.41, 5.74) is 6.53. The van der Waals surface area contributed by atoms with E-state index in [-0.39, 0.29) is 0 Å². The van der Waals surface area contributed by atoms with Gasteiger partial charge in [0.05, 0.1) is 7.11 Å². The van der Waals surface area contributed by atoms with Crippen molar-refractivity contribution in [2.45, 2.75) is 25.4 Å². The van der Waals surface area contributed by atoms with E-state index < -0.39 is 0 Å². The van der Waals surface area contributed by atoms with Crippen LogP contribution in [0, 0.1) is 3.80 Å². The van der Waals surface area contributed by atoms with E-state index in [1.54, 1.807) is 7.11 Å². The normalized spacial score (nSPS) is 13.7. The maximum absolute atomic E-state index is 5.40. The number of ether oxygens (including phenoxy) is 1. The number of nitrogens with zero attached hydrogens (tertiary/aromatic N) is 2. The van der Waals surface area contributed by atoms with Crippen LogP contribution in [0.25, 0.3) is 0 Å².